The number of aromatic nitrogens is 2. The summed E-state index contributed by atoms with van der Waals surface area (Å²) in [5.41, 5.74) is 2.51. The second-order valence-corrected chi connectivity index (χ2v) is 9.40. The summed E-state index contributed by atoms with van der Waals surface area (Å²) in [5, 5.41) is 7.43. The fourth-order valence-electron chi connectivity index (χ4n) is 3.81. The number of anilines is 4. The van der Waals surface area contributed by atoms with Gasteiger partial charge in [0.1, 0.15) is 11.6 Å². The van der Waals surface area contributed by atoms with Crippen molar-refractivity contribution in [2.45, 2.75) is 33.6 Å². The molecule has 0 fully saturated rings. The molecule has 6 nitrogen and oxygen atoms in total. The van der Waals surface area contributed by atoms with E-state index in [-0.39, 0.29) is 11.2 Å². The van der Waals surface area contributed by atoms with Crippen molar-refractivity contribution in [2.75, 3.05) is 17.2 Å². The summed E-state index contributed by atoms with van der Waals surface area (Å²) in [5.74, 6) is 1.63. The van der Waals surface area contributed by atoms with Gasteiger partial charge < -0.3 is 15.4 Å². The van der Waals surface area contributed by atoms with E-state index in [0.29, 0.717) is 58.2 Å². The quantitative estimate of drug-likeness (QED) is 0.411. The van der Waals surface area contributed by atoms with Gasteiger partial charge in [0.2, 0.25) is 5.95 Å². The SMILES string of the molecule is CCOc1ccc(Nc2nc3c(c(Nc4cc(Cl)cc(Cl)c4)n2)C(=O)CC(C)(C)C3)cc1. The van der Waals surface area contributed by atoms with Crippen LogP contribution in [0.4, 0.5) is 23.1 Å². The zero-order valence-electron chi connectivity index (χ0n) is 18.1. The number of hydrogen-bond donors (Lipinski definition) is 2. The first-order chi connectivity index (χ1) is 15.2. The van der Waals surface area contributed by atoms with Crippen molar-refractivity contribution in [3.8, 4) is 5.75 Å². The van der Waals surface area contributed by atoms with Crippen LogP contribution in [0.25, 0.3) is 0 Å². The van der Waals surface area contributed by atoms with E-state index in [9.17, 15) is 4.79 Å². The standard InChI is InChI=1S/C24H24Cl2N4O2/c1-4-32-18-7-5-16(6-8-18)28-23-29-19-12-24(2,3)13-20(31)21(19)22(30-23)27-17-10-14(25)9-15(26)11-17/h5-11H,4,12-13H2,1-3H3,(H2,27,28,29,30). The first-order valence-electron chi connectivity index (χ1n) is 10.4. The second kappa shape index (κ2) is 8.96. The molecular formula is C24H24Cl2N4O2. The third kappa shape index (κ3) is 5.14. The zero-order chi connectivity index (χ0) is 22.9. The predicted octanol–water partition coefficient (Wildman–Crippen LogP) is 6.82. The number of carbonyl (C=O) groups excluding carboxylic acids is 1. The van der Waals surface area contributed by atoms with Crippen LogP contribution in [0.15, 0.2) is 42.5 Å². The monoisotopic (exact) mass is 470 g/mol. The highest BCUT2D eigenvalue weighted by Gasteiger charge is 2.35. The van der Waals surface area contributed by atoms with Crippen molar-refractivity contribution in [1.82, 2.24) is 9.97 Å². The summed E-state index contributed by atoms with van der Waals surface area (Å²) in [7, 11) is 0. The van der Waals surface area contributed by atoms with Crippen LogP contribution in [-0.4, -0.2) is 22.4 Å². The minimum atomic E-state index is -0.175. The Morgan fingerprint density at radius 2 is 1.66 bits per heavy atom. The number of hydrogen-bond acceptors (Lipinski definition) is 6. The molecule has 2 aromatic carbocycles. The van der Waals surface area contributed by atoms with Gasteiger partial charge in [0.15, 0.2) is 5.78 Å². The molecule has 0 spiro atoms. The number of nitrogens with one attached hydrogen (secondary N) is 2. The molecule has 1 heterocycles. The highest BCUT2D eigenvalue weighted by atomic mass is 35.5. The molecule has 3 aromatic rings. The molecule has 1 aromatic heterocycles. The molecule has 1 aliphatic rings. The van der Waals surface area contributed by atoms with E-state index in [4.69, 9.17) is 27.9 Å². The Kier molecular flexibility index (Phi) is 6.26. The third-order valence-corrected chi connectivity index (χ3v) is 5.53. The predicted molar refractivity (Wildman–Crippen MR) is 129 cm³/mol. The fourth-order valence-corrected chi connectivity index (χ4v) is 4.33. The summed E-state index contributed by atoms with van der Waals surface area (Å²) in [6, 6.07) is 12.7. The van der Waals surface area contributed by atoms with Crippen molar-refractivity contribution in [3.05, 3.63) is 63.8 Å². The van der Waals surface area contributed by atoms with Gasteiger partial charge >= 0.3 is 0 Å². The van der Waals surface area contributed by atoms with Gasteiger partial charge in [0.25, 0.3) is 0 Å². The van der Waals surface area contributed by atoms with Gasteiger partial charge in [-0.05, 0) is 61.2 Å². The van der Waals surface area contributed by atoms with Gasteiger partial charge in [0, 0.05) is 27.8 Å². The van der Waals surface area contributed by atoms with E-state index < -0.39 is 0 Å². The van der Waals surface area contributed by atoms with Crippen LogP contribution in [0.2, 0.25) is 10.0 Å². The number of benzene rings is 2. The number of nitrogens with zero attached hydrogens (tertiary/aromatic N) is 2. The molecule has 0 radical (unpaired) electrons. The third-order valence-electron chi connectivity index (χ3n) is 5.09. The first kappa shape index (κ1) is 22.4. The topological polar surface area (TPSA) is 76.1 Å². The second-order valence-electron chi connectivity index (χ2n) is 8.52. The van der Waals surface area contributed by atoms with Gasteiger partial charge in [-0.3, -0.25) is 4.79 Å². The Balaban J connectivity index is 1.73. The molecule has 0 unspecified atom stereocenters. The summed E-state index contributed by atoms with van der Waals surface area (Å²) < 4.78 is 5.50. The van der Waals surface area contributed by atoms with Gasteiger partial charge in [-0.2, -0.15) is 4.98 Å². The summed E-state index contributed by atoms with van der Waals surface area (Å²) >= 11 is 12.3. The number of carbonyl (C=O) groups is 1. The number of ether oxygens (including phenoxy) is 1. The molecule has 32 heavy (non-hydrogen) atoms. The Hall–Kier alpha value is -2.83. The lowest BCUT2D eigenvalue weighted by Crippen LogP contribution is -2.29. The van der Waals surface area contributed by atoms with Gasteiger partial charge in [-0.1, -0.05) is 37.0 Å². The van der Waals surface area contributed by atoms with Crippen LogP contribution in [0, 0.1) is 5.41 Å². The molecule has 0 saturated carbocycles. The van der Waals surface area contributed by atoms with E-state index in [2.05, 4.69) is 34.4 Å². The van der Waals surface area contributed by atoms with Crippen molar-refractivity contribution in [1.29, 1.82) is 0 Å². The van der Waals surface area contributed by atoms with Gasteiger partial charge in [-0.25, -0.2) is 4.98 Å². The Morgan fingerprint density at radius 1 is 0.969 bits per heavy atom. The summed E-state index contributed by atoms with van der Waals surface area (Å²) in [4.78, 5) is 22.3. The highest BCUT2D eigenvalue weighted by Crippen LogP contribution is 2.38. The minimum Gasteiger partial charge on any atom is -0.494 e. The highest BCUT2D eigenvalue weighted by molar-refractivity contribution is 6.35. The molecule has 0 amide bonds. The molecule has 0 bridgehead atoms. The van der Waals surface area contributed by atoms with Gasteiger partial charge in [-0.15, -0.1) is 0 Å². The van der Waals surface area contributed by atoms with Crippen LogP contribution < -0.4 is 15.4 Å². The molecular weight excluding hydrogens is 447 g/mol. The Morgan fingerprint density at radius 3 is 2.31 bits per heavy atom. The number of Topliss-reactive ketones (excluding diaryl/α,β-unsaturated/α-hetero) is 1. The lowest BCUT2D eigenvalue weighted by Gasteiger charge is -2.30. The molecule has 166 valence electrons. The largest absolute Gasteiger partial charge is 0.494 e. The van der Waals surface area contributed by atoms with E-state index >= 15 is 0 Å². The maximum absolute atomic E-state index is 13.0. The summed E-state index contributed by atoms with van der Waals surface area (Å²) in [6.45, 7) is 6.68. The average Bonchev–Trinajstić information content (AvgIpc) is 2.67. The van der Waals surface area contributed by atoms with Crippen molar-refractivity contribution < 1.29 is 9.53 Å². The van der Waals surface area contributed by atoms with Crippen LogP contribution in [-0.2, 0) is 6.42 Å². The maximum Gasteiger partial charge on any atom is 0.229 e. The van der Waals surface area contributed by atoms with Crippen LogP contribution in [0.1, 0.15) is 43.2 Å². The van der Waals surface area contributed by atoms with E-state index in [1.54, 1.807) is 18.2 Å². The first-order valence-corrected chi connectivity index (χ1v) is 11.1. The smallest absolute Gasteiger partial charge is 0.229 e. The number of rotatable bonds is 6. The van der Waals surface area contributed by atoms with Gasteiger partial charge in [0.05, 0.1) is 17.9 Å². The lowest BCUT2D eigenvalue weighted by atomic mass is 9.75. The normalized spacial score (nSPS) is 14.6. The lowest BCUT2D eigenvalue weighted by molar-refractivity contribution is 0.0911. The molecule has 0 saturated heterocycles. The van der Waals surface area contributed by atoms with Crippen LogP contribution in [0.5, 0.6) is 5.75 Å². The van der Waals surface area contributed by atoms with Crippen LogP contribution in [0.3, 0.4) is 0 Å². The fraction of sp³-hybridized carbons (Fsp3) is 0.292. The zero-order valence-corrected chi connectivity index (χ0v) is 19.6. The minimum absolute atomic E-state index is 0.0134. The number of halogens is 2. The summed E-state index contributed by atoms with van der Waals surface area (Å²) in [6.07, 6.45) is 1.10. The molecule has 8 heteroatoms. The van der Waals surface area contributed by atoms with Crippen molar-refractivity contribution in [2.24, 2.45) is 5.41 Å². The average molecular weight is 471 g/mol. The number of fused-ring (bicyclic) bond motifs is 1. The maximum atomic E-state index is 13.0. The molecule has 2 N–H and O–H groups in total. The molecule has 0 atom stereocenters. The molecule has 0 aliphatic heterocycles. The Labute approximate surface area is 197 Å². The van der Waals surface area contributed by atoms with Crippen molar-refractivity contribution >= 4 is 52.1 Å². The Bertz CT molecular complexity index is 1140. The van der Waals surface area contributed by atoms with E-state index in [0.717, 1.165) is 11.4 Å². The molecule has 1 aliphatic carbocycles. The van der Waals surface area contributed by atoms with Crippen LogP contribution >= 0.6 is 23.2 Å². The van der Waals surface area contributed by atoms with E-state index in [1.165, 1.54) is 0 Å². The van der Waals surface area contributed by atoms with E-state index in [1.807, 2.05) is 31.2 Å². The number of ketones is 1. The van der Waals surface area contributed by atoms with Crippen molar-refractivity contribution in [3.63, 3.8) is 0 Å². The molecule has 4 rings (SSSR count).